The third kappa shape index (κ3) is 3.64. The predicted molar refractivity (Wildman–Crippen MR) is 98.7 cm³/mol. The summed E-state index contributed by atoms with van der Waals surface area (Å²) in [7, 11) is 1.78. The van der Waals surface area contributed by atoms with Crippen LogP contribution in [0.3, 0.4) is 0 Å². The van der Waals surface area contributed by atoms with Crippen LogP contribution < -0.4 is 0 Å². The first kappa shape index (κ1) is 17.4. The van der Waals surface area contributed by atoms with Gasteiger partial charge in [-0.25, -0.2) is 4.98 Å². The normalized spacial score (nSPS) is 11.1. The zero-order valence-electron chi connectivity index (χ0n) is 14.8. The molecule has 0 aliphatic heterocycles. The molecule has 0 unspecified atom stereocenters. The fourth-order valence-electron chi connectivity index (χ4n) is 2.58. The molecule has 3 aromatic rings. The van der Waals surface area contributed by atoms with Crippen molar-refractivity contribution in [2.24, 2.45) is 0 Å². The summed E-state index contributed by atoms with van der Waals surface area (Å²) < 4.78 is 5.30. The van der Waals surface area contributed by atoms with Crippen molar-refractivity contribution in [3.63, 3.8) is 0 Å². The van der Waals surface area contributed by atoms with Crippen molar-refractivity contribution in [1.82, 2.24) is 15.0 Å². The van der Waals surface area contributed by atoms with Gasteiger partial charge in [-0.3, -0.25) is 4.79 Å². The number of rotatable bonds is 5. The molecule has 25 heavy (non-hydrogen) atoms. The topological polar surface area (TPSA) is 59.2 Å². The van der Waals surface area contributed by atoms with Crippen LogP contribution in [0.4, 0.5) is 0 Å². The molecular weight excluding hydrogens is 334 g/mol. The second-order valence-corrected chi connectivity index (χ2v) is 7.21. The Hall–Kier alpha value is -2.47. The standard InChI is InChI=1S/C19H21N3O2S/c1-12(2)18-20-15(11-25-18)10-22(4)19(23)16-13(3)24-21-17(16)14-8-6-5-7-9-14/h5-9,11-12H,10H2,1-4H3. The summed E-state index contributed by atoms with van der Waals surface area (Å²) in [6.07, 6.45) is 0. The lowest BCUT2D eigenvalue weighted by molar-refractivity contribution is 0.0782. The summed E-state index contributed by atoms with van der Waals surface area (Å²) in [6, 6.07) is 9.60. The van der Waals surface area contributed by atoms with Crippen LogP contribution in [0.15, 0.2) is 40.2 Å². The molecule has 5 nitrogen and oxygen atoms in total. The molecule has 3 rings (SSSR count). The van der Waals surface area contributed by atoms with Gasteiger partial charge in [-0.2, -0.15) is 0 Å². The van der Waals surface area contributed by atoms with E-state index in [0.717, 1.165) is 16.3 Å². The number of aromatic nitrogens is 2. The van der Waals surface area contributed by atoms with Gasteiger partial charge in [-0.05, 0) is 6.92 Å². The Morgan fingerprint density at radius 2 is 2.00 bits per heavy atom. The first-order chi connectivity index (χ1) is 12.0. The number of thiazole rings is 1. The van der Waals surface area contributed by atoms with E-state index in [9.17, 15) is 4.79 Å². The van der Waals surface area contributed by atoms with E-state index in [1.54, 1.807) is 30.2 Å². The summed E-state index contributed by atoms with van der Waals surface area (Å²) >= 11 is 1.63. The third-order valence-electron chi connectivity index (χ3n) is 3.93. The number of nitrogens with zero attached hydrogens (tertiary/aromatic N) is 3. The minimum Gasteiger partial charge on any atom is -0.360 e. The van der Waals surface area contributed by atoms with Crippen molar-refractivity contribution < 1.29 is 9.32 Å². The number of carbonyl (C=O) groups is 1. The first-order valence-corrected chi connectivity index (χ1v) is 9.06. The highest BCUT2D eigenvalue weighted by Crippen LogP contribution is 2.27. The van der Waals surface area contributed by atoms with Crippen LogP contribution in [0, 0.1) is 6.92 Å². The van der Waals surface area contributed by atoms with Crippen LogP contribution in [0.5, 0.6) is 0 Å². The average Bonchev–Trinajstić information content (AvgIpc) is 3.22. The summed E-state index contributed by atoms with van der Waals surface area (Å²) in [5.41, 5.74) is 2.86. The van der Waals surface area contributed by atoms with Crippen molar-refractivity contribution in [2.45, 2.75) is 33.2 Å². The Bertz CT molecular complexity index is 868. The van der Waals surface area contributed by atoms with Gasteiger partial charge in [0.15, 0.2) is 0 Å². The van der Waals surface area contributed by atoms with Gasteiger partial charge >= 0.3 is 0 Å². The highest BCUT2D eigenvalue weighted by molar-refractivity contribution is 7.09. The quantitative estimate of drug-likeness (QED) is 0.676. The maximum Gasteiger partial charge on any atom is 0.259 e. The van der Waals surface area contributed by atoms with Crippen molar-refractivity contribution >= 4 is 17.2 Å². The van der Waals surface area contributed by atoms with E-state index in [1.807, 2.05) is 35.7 Å². The van der Waals surface area contributed by atoms with Crippen molar-refractivity contribution in [1.29, 1.82) is 0 Å². The van der Waals surface area contributed by atoms with Gasteiger partial charge in [0.25, 0.3) is 5.91 Å². The molecule has 2 aromatic heterocycles. The summed E-state index contributed by atoms with van der Waals surface area (Å²) in [5.74, 6) is 0.804. The monoisotopic (exact) mass is 355 g/mol. The second-order valence-electron chi connectivity index (χ2n) is 6.32. The molecule has 130 valence electrons. The minimum absolute atomic E-state index is 0.114. The van der Waals surface area contributed by atoms with Crippen molar-refractivity contribution in [3.05, 3.63) is 57.7 Å². The lowest BCUT2D eigenvalue weighted by Crippen LogP contribution is -2.27. The van der Waals surface area contributed by atoms with Crippen LogP contribution in [0.2, 0.25) is 0 Å². The van der Waals surface area contributed by atoms with Crippen LogP contribution >= 0.6 is 11.3 Å². The summed E-state index contributed by atoms with van der Waals surface area (Å²) in [4.78, 5) is 19.2. The number of hydrogen-bond acceptors (Lipinski definition) is 5. The molecule has 1 amide bonds. The Balaban J connectivity index is 1.84. The number of benzene rings is 1. The Labute approximate surface area is 151 Å². The predicted octanol–water partition coefficient (Wildman–Crippen LogP) is 4.50. The smallest absolute Gasteiger partial charge is 0.259 e. The van der Waals surface area contributed by atoms with E-state index < -0.39 is 0 Å². The molecular formula is C19H21N3O2S. The highest BCUT2D eigenvalue weighted by atomic mass is 32.1. The average molecular weight is 355 g/mol. The molecule has 1 aromatic carbocycles. The van der Waals surface area contributed by atoms with E-state index in [1.165, 1.54) is 0 Å². The molecule has 0 fully saturated rings. The van der Waals surface area contributed by atoms with Crippen LogP contribution in [0.1, 0.15) is 46.6 Å². The molecule has 0 spiro atoms. The van der Waals surface area contributed by atoms with Crippen molar-refractivity contribution in [2.75, 3.05) is 7.05 Å². The van der Waals surface area contributed by atoms with Gasteiger partial charge in [-0.1, -0.05) is 49.3 Å². The van der Waals surface area contributed by atoms with Crippen LogP contribution in [-0.2, 0) is 6.54 Å². The summed E-state index contributed by atoms with van der Waals surface area (Å²) in [6.45, 7) is 6.45. The summed E-state index contributed by atoms with van der Waals surface area (Å²) in [5, 5.41) is 7.18. The Morgan fingerprint density at radius 1 is 1.28 bits per heavy atom. The molecule has 2 heterocycles. The molecule has 0 N–H and O–H groups in total. The number of carbonyl (C=O) groups excluding carboxylic acids is 1. The number of hydrogen-bond donors (Lipinski definition) is 0. The molecule has 0 radical (unpaired) electrons. The maximum absolute atomic E-state index is 13.0. The maximum atomic E-state index is 13.0. The number of amides is 1. The lowest BCUT2D eigenvalue weighted by Gasteiger charge is -2.16. The number of aryl methyl sites for hydroxylation is 1. The van der Waals surface area contributed by atoms with Gasteiger partial charge in [-0.15, -0.1) is 11.3 Å². The van der Waals surface area contributed by atoms with Gasteiger partial charge in [0, 0.05) is 23.9 Å². The molecule has 0 atom stereocenters. The largest absolute Gasteiger partial charge is 0.360 e. The van der Waals surface area contributed by atoms with Crippen LogP contribution in [0.25, 0.3) is 11.3 Å². The Morgan fingerprint density at radius 3 is 2.64 bits per heavy atom. The van der Waals surface area contributed by atoms with E-state index in [0.29, 0.717) is 29.5 Å². The van der Waals surface area contributed by atoms with Crippen LogP contribution in [-0.4, -0.2) is 28.0 Å². The van der Waals surface area contributed by atoms with Gasteiger partial charge in [0.05, 0.1) is 17.2 Å². The fourth-order valence-corrected chi connectivity index (χ4v) is 3.41. The molecule has 0 saturated carbocycles. The molecule has 0 aliphatic carbocycles. The molecule has 6 heteroatoms. The van der Waals surface area contributed by atoms with Gasteiger partial charge < -0.3 is 9.42 Å². The van der Waals surface area contributed by atoms with E-state index in [4.69, 9.17) is 4.52 Å². The second kappa shape index (κ2) is 7.19. The van der Waals surface area contributed by atoms with E-state index >= 15 is 0 Å². The van der Waals surface area contributed by atoms with Gasteiger partial charge in [0.2, 0.25) is 0 Å². The molecule has 0 saturated heterocycles. The SMILES string of the molecule is Cc1onc(-c2ccccc2)c1C(=O)N(C)Cc1csc(C(C)C)n1. The highest BCUT2D eigenvalue weighted by Gasteiger charge is 2.24. The first-order valence-electron chi connectivity index (χ1n) is 8.18. The Kier molecular flexibility index (Phi) is 4.99. The van der Waals surface area contributed by atoms with E-state index in [2.05, 4.69) is 24.0 Å². The molecule has 0 aliphatic rings. The molecule has 0 bridgehead atoms. The van der Waals surface area contributed by atoms with Gasteiger partial charge in [0.1, 0.15) is 17.0 Å². The third-order valence-corrected chi connectivity index (χ3v) is 5.13. The zero-order valence-corrected chi connectivity index (χ0v) is 15.6. The fraction of sp³-hybridized carbons (Fsp3) is 0.316. The van der Waals surface area contributed by atoms with Crippen molar-refractivity contribution in [3.8, 4) is 11.3 Å². The van der Waals surface area contributed by atoms with E-state index in [-0.39, 0.29) is 5.91 Å². The zero-order chi connectivity index (χ0) is 18.0. The lowest BCUT2D eigenvalue weighted by atomic mass is 10.1. The minimum atomic E-state index is -0.114.